The van der Waals surface area contributed by atoms with Crippen LogP contribution in [0.1, 0.15) is 33.1 Å². The fourth-order valence-electron chi connectivity index (χ4n) is 3.48. The molecule has 4 nitrogen and oxygen atoms in total. The van der Waals surface area contributed by atoms with Crippen molar-refractivity contribution in [3.63, 3.8) is 0 Å². The van der Waals surface area contributed by atoms with Crippen LogP contribution in [0, 0.1) is 18.8 Å². The van der Waals surface area contributed by atoms with Crippen molar-refractivity contribution in [3.05, 3.63) is 138 Å². The van der Waals surface area contributed by atoms with Crippen molar-refractivity contribution in [1.29, 1.82) is 0 Å². The Labute approximate surface area is 200 Å². The van der Waals surface area contributed by atoms with Crippen molar-refractivity contribution < 1.29 is 13.2 Å². The molecule has 1 amide bonds. The first kappa shape index (κ1) is 23.0. The lowest BCUT2D eigenvalue weighted by molar-refractivity contribution is 0.0841. The minimum absolute atomic E-state index is 0.0322. The van der Waals surface area contributed by atoms with Crippen molar-refractivity contribution in [2.45, 2.75) is 17.9 Å². The SMILES string of the molecule is Cc1ccc(S(=O)(=O)N(C(=O)c2ccccc2)C(C#Cc2ccccc2)c2ccccc2)cc1. The summed E-state index contributed by atoms with van der Waals surface area (Å²) in [6.07, 6.45) is 0. The van der Waals surface area contributed by atoms with Gasteiger partial charge in [-0.1, -0.05) is 96.3 Å². The third-order valence-corrected chi connectivity index (χ3v) is 7.04. The Kier molecular flexibility index (Phi) is 6.91. The zero-order chi connectivity index (χ0) is 24.0. The molecular weight excluding hydrogens is 442 g/mol. The van der Waals surface area contributed by atoms with Crippen molar-refractivity contribution in [2.75, 3.05) is 0 Å². The van der Waals surface area contributed by atoms with E-state index in [1.54, 1.807) is 66.7 Å². The molecule has 0 saturated carbocycles. The fraction of sp³-hybridized carbons (Fsp3) is 0.0690. The minimum Gasteiger partial charge on any atom is -0.268 e. The van der Waals surface area contributed by atoms with E-state index >= 15 is 0 Å². The molecule has 5 heteroatoms. The summed E-state index contributed by atoms with van der Waals surface area (Å²) < 4.78 is 28.7. The van der Waals surface area contributed by atoms with Gasteiger partial charge in [0.25, 0.3) is 15.9 Å². The molecule has 0 fully saturated rings. The quantitative estimate of drug-likeness (QED) is 0.360. The highest BCUT2D eigenvalue weighted by atomic mass is 32.2. The van der Waals surface area contributed by atoms with Gasteiger partial charge in [0.05, 0.1) is 4.90 Å². The van der Waals surface area contributed by atoms with E-state index in [0.717, 1.165) is 15.4 Å². The van der Waals surface area contributed by atoms with Gasteiger partial charge in [-0.05, 0) is 48.9 Å². The highest BCUT2D eigenvalue weighted by Gasteiger charge is 2.36. The average Bonchev–Trinajstić information content (AvgIpc) is 2.88. The molecular formula is C29H23NO3S. The molecule has 4 rings (SSSR count). The molecule has 0 radical (unpaired) electrons. The van der Waals surface area contributed by atoms with E-state index in [9.17, 15) is 13.2 Å². The third-order valence-electron chi connectivity index (χ3n) is 5.28. The molecule has 0 bridgehead atoms. The summed E-state index contributed by atoms with van der Waals surface area (Å²) in [6, 6.07) is 32.1. The number of hydrogen-bond donors (Lipinski definition) is 0. The predicted octanol–water partition coefficient (Wildman–Crippen LogP) is 5.62. The van der Waals surface area contributed by atoms with E-state index in [2.05, 4.69) is 11.8 Å². The number of aryl methyl sites for hydroxylation is 1. The Morgan fingerprint density at radius 1 is 0.735 bits per heavy atom. The maximum Gasteiger partial charge on any atom is 0.269 e. The highest BCUT2D eigenvalue weighted by Crippen LogP contribution is 2.30. The van der Waals surface area contributed by atoms with Gasteiger partial charge in [-0.2, -0.15) is 0 Å². The third kappa shape index (κ3) is 5.09. The van der Waals surface area contributed by atoms with Gasteiger partial charge in [0.1, 0.15) is 6.04 Å². The number of amides is 1. The van der Waals surface area contributed by atoms with Crippen molar-refractivity contribution in [3.8, 4) is 11.8 Å². The van der Waals surface area contributed by atoms with Gasteiger partial charge < -0.3 is 0 Å². The normalized spacial score (nSPS) is 11.7. The van der Waals surface area contributed by atoms with E-state index < -0.39 is 22.0 Å². The van der Waals surface area contributed by atoms with Gasteiger partial charge in [-0.25, -0.2) is 12.7 Å². The second-order valence-electron chi connectivity index (χ2n) is 7.73. The fourth-order valence-corrected chi connectivity index (χ4v) is 4.97. The monoisotopic (exact) mass is 465 g/mol. The number of rotatable bonds is 5. The smallest absolute Gasteiger partial charge is 0.268 e. The second-order valence-corrected chi connectivity index (χ2v) is 9.55. The largest absolute Gasteiger partial charge is 0.269 e. The predicted molar refractivity (Wildman–Crippen MR) is 133 cm³/mol. The average molecular weight is 466 g/mol. The maximum atomic E-state index is 13.9. The Morgan fingerprint density at radius 2 is 1.26 bits per heavy atom. The summed E-state index contributed by atoms with van der Waals surface area (Å²) in [5.74, 6) is 5.48. The second kappa shape index (κ2) is 10.2. The Morgan fingerprint density at radius 3 is 1.85 bits per heavy atom. The first-order valence-electron chi connectivity index (χ1n) is 10.8. The topological polar surface area (TPSA) is 54.5 Å². The standard InChI is InChI=1S/C29H23NO3S/c1-23-17-20-27(21-18-23)34(32,33)30(29(31)26-15-9-4-10-16-26)28(25-13-7-3-8-14-25)22-19-24-11-5-2-6-12-24/h2-18,20-21,28H,1H3. The van der Waals surface area contributed by atoms with Crippen LogP contribution < -0.4 is 0 Å². The van der Waals surface area contributed by atoms with E-state index in [1.165, 1.54) is 12.1 Å². The molecule has 1 unspecified atom stereocenters. The molecule has 0 heterocycles. The number of nitrogens with zero attached hydrogens (tertiary/aromatic N) is 1. The lowest BCUT2D eigenvalue weighted by Gasteiger charge is -2.28. The van der Waals surface area contributed by atoms with Crippen LogP contribution in [0.5, 0.6) is 0 Å². The highest BCUT2D eigenvalue weighted by molar-refractivity contribution is 7.89. The molecule has 0 aliphatic rings. The molecule has 0 saturated heterocycles. The molecule has 0 spiro atoms. The van der Waals surface area contributed by atoms with Crippen LogP contribution in [0.4, 0.5) is 0 Å². The molecule has 4 aromatic carbocycles. The molecule has 34 heavy (non-hydrogen) atoms. The lowest BCUT2D eigenvalue weighted by Crippen LogP contribution is -2.39. The Hall–Kier alpha value is -4.14. The number of sulfonamides is 1. The first-order chi connectivity index (χ1) is 16.5. The maximum absolute atomic E-state index is 13.9. The van der Waals surface area contributed by atoms with Crippen LogP contribution in [0.2, 0.25) is 0 Å². The number of carbonyl (C=O) groups excluding carboxylic acids is 1. The molecule has 0 aliphatic heterocycles. The van der Waals surface area contributed by atoms with Gasteiger partial charge in [-0.15, -0.1) is 0 Å². The van der Waals surface area contributed by atoms with E-state index in [4.69, 9.17) is 0 Å². The summed E-state index contributed by atoms with van der Waals surface area (Å²) in [6.45, 7) is 1.88. The van der Waals surface area contributed by atoms with E-state index in [-0.39, 0.29) is 10.5 Å². The summed E-state index contributed by atoms with van der Waals surface area (Å²) in [7, 11) is -4.24. The minimum atomic E-state index is -4.24. The zero-order valence-electron chi connectivity index (χ0n) is 18.6. The molecule has 4 aromatic rings. The van der Waals surface area contributed by atoms with Crippen molar-refractivity contribution in [2.24, 2.45) is 0 Å². The van der Waals surface area contributed by atoms with E-state index in [1.807, 2.05) is 43.3 Å². The van der Waals surface area contributed by atoms with Crippen LogP contribution >= 0.6 is 0 Å². The molecule has 0 aromatic heterocycles. The van der Waals surface area contributed by atoms with Crippen LogP contribution in [0.25, 0.3) is 0 Å². The zero-order valence-corrected chi connectivity index (χ0v) is 19.4. The summed E-state index contributed by atoms with van der Waals surface area (Å²) in [5.41, 5.74) is 2.51. The van der Waals surface area contributed by atoms with Gasteiger partial charge in [0.15, 0.2) is 0 Å². The Bertz CT molecular complexity index is 1420. The van der Waals surface area contributed by atoms with E-state index in [0.29, 0.717) is 5.56 Å². The molecule has 168 valence electrons. The van der Waals surface area contributed by atoms with Gasteiger partial charge in [0.2, 0.25) is 0 Å². The van der Waals surface area contributed by atoms with Crippen LogP contribution in [0.15, 0.2) is 120 Å². The first-order valence-corrected chi connectivity index (χ1v) is 12.2. The number of benzene rings is 4. The van der Waals surface area contributed by atoms with Gasteiger partial charge in [-0.3, -0.25) is 4.79 Å². The lowest BCUT2D eigenvalue weighted by atomic mass is 10.1. The van der Waals surface area contributed by atoms with Crippen LogP contribution in [0.3, 0.4) is 0 Å². The van der Waals surface area contributed by atoms with Crippen molar-refractivity contribution in [1.82, 2.24) is 4.31 Å². The molecule has 1 atom stereocenters. The summed E-state index contributed by atoms with van der Waals surface area (Å²) in [5, 5.41) is 0. The molecule has 0 N–H and O–H groups in total. The van der Waals surface area contributed by atoms with Crippen molar-refractivity contribution >= 4 is 15.9 Å². The van der Waals surface area contributed by atoms with Gasteiger partial charge in [0, 0.05) is 11.1 Å². The Balaban J connectivity index is 1.92. The van der Waals surface area contributed by atoms with Crippen LogP contribution in [-0.2, 0) is 10.0 Å². The summed E-state index contributed by atoms with van der Waals surface area (Å²) >= 11 is 0. The number of carbonyl (C=O) groups is 1. The molecule has 0 aliphatic carbocycles. The number of hydrogen-bond acceptors (Lipinski definition) is 3. The summed E-state index contributed by atoms with van der Waals surface area (Å²) in [4.78, 5) is 13.8. The van der Waals surface area contributed by atoms with Crippen LogP contribution in [-0.4, -0.2) is 18.6 Å². The van der Waals surface area contributed by atoms with Gasteiger partial charge >= 0.3 is 0 Å².